The van der Waals surface area contributed by atoms with Gasteiger partial charge < -0.3 is 9.30 Å². The Morgan fingerprint density at radius 1 is 1.27 bits per heavy atom. The molecule has 0 spiro atoms. The van der Waals surface area contributed by atoms with Crippen molar-refractivity contribution in [1.29, 1.82) is 0 Å². The van der Waals surface area contributed by atoms with E-state index in [2.05, 4.69) is 14.3 Å². The first-order chi connectivity index (χ1) is 12.5. The quantitative estimate of drug-likeness (QED) is 0.741. The molecule has 8 heteroatoms. The summed E-state index contributed by atoms with van der Waals surface area (Å²) < 4.78 is 35.5. The van der Waals surface area contributed by atoms with Gasteiger partial charge in [0, 0.05) is 11.6 Å². The van der Waals surface area contributed by atoms with Gasteiger partial charge in [0.1, 0.15) is 12.4 Å². The highest BCUT2D eigenvalue weighted by molar-refractivity contribution is 7.89. The minimum atomic E-state index is -3.62. The summed E-state index contributed by atoms with van der Waals surface area (Å²) in [5.41, 5.74) is 3.02. The molecule has 1 atom stereocenters. The number of imidazole rings is 1. The van der Waals surface area contributed by atoms with Gasteiger partial charge in [-0.3, -0.25) is 0 Å². The van der Waals surface area contributed by atoms with Gasteiger partial charge >= 0.3 is 0 Å². The number of halogens is 1. The van der Waals surface area contributed by atoms with Crippen LogP contribution in [-0.2, 0) is 21.4 Å². The van der Waals surface area contributed by atoms with Crippen LogP contribution in [0.15, 0.2) is 47.4 Å². The van der Waals surface area contributed by atoms with Gasteiger partial charge in [-0.05, 0) is 42.8 Å². The lowest BCUT2D eigenvalue weighted by Gasteiger charge is -2.26. The van der Waals surface area contributed by atoms with Gasteiger partial charge in [-0.2, -0.15) is 0 Å². The maximum atomic E-state index is 12.5. The van der Waals surface area contributed by atoms with Gasteiger partial charge in [0.25, 0.3) is 0 Å². The van der Waals surface area contributed by atoms with E-state index in [1.54, 1.807) is 12.1 Å². The molecule has 1 aliphatic heterocycles. The Balaban J connectivity index is 1.62. The Morgan fingerprint density at radius 2 is 2.04 bits per heavy atom. The van der Waals surface area contributed by atoms with Crippen molar-refractivity contribution in [3.8, 4) is 0 Å². The highest BCUT2D eigenvalue weighted by Gasteiger charge is 2.26. The molecule has 2 heterocycles. The molecule has 0 aliphatic carbocycles. The van der Waals surface area contributed by atoms with E-state index in [4.69, 9.17) is 16.3 Å². The van der Waals surface area contributed by atoms with Crippen LogP contribution in [0.25, 0.3) is 11.0 Å². The summed E-state index contributed by atoms with van der Waals surface area (Å²) in [6, 6.07) is 11.9. The molecule has 1 aliphatic rings. The standard InChI is InChI=1S/C18H18ClN3O3S/c1-12-3-2-4-16-18(12)21-17-11-25-10-14(22(16)17)9-20-26(23,24)15-7-5-13(19)6-8-15/h2-8,14,20H,9-11H2,1H3. The van der Waals surface area contributed by atoms with E-state index in [1.165, 1.54) is 12.1 Å². The number of aryl methyl sites for hydroxylation is 1. The summed E-state index contributed by atoms with van der Waals surface area (Å²) in [6.07, 6.45) is 0. The van der Waals surface area contributed by atoms with Crippen LogP contribution in [0.5, 0.6) is 0 Å². The lowest BCUT2D eigenvalue weighted by atomic mass is 10.2. The van der Waals surface area contributed by atoms with Crippen molar-refractivity contribution in [3.05, 3.63) is 58.9 Å². The number of hydrogen-bond donors (Lipinski definition) is 1. The van der Waals surface area contributed by atoms with Crippen LogP contribution in [0.2, 0.25) is 5.02 Å². The summed E-state index contributed by atoms with van der Waals surface area (Å²) in [5, 5.41) is 0.495. The molecule has 0 bridgehead atoms. The first-order valence-electron chi connectivity index (χ1n) is 8.25. The Kier molecular flexibility index (Phi) is 4.48. The zero-order valence-electron chi connectivity index (χ0n) is 14.1. The molecule has 0 saturated carbocycles. The lowest BCUT2D eigenvalue weighted by molar-refractivity contribution is 0.0581. The zero-order chi connectivity index (χ0) is 18.3. The molecule has 136 valence electrons. The highest BCUT2D eigenvalue weighted by atomic mass is 35.5. The van der Waals surface area contributed by atoms with Gasteiger partial charge in [-0.1, -0.05) is 23.7 Å². The lowest BCUT2D eigenvalue weighted by Crippen LogP contribution is -2.35. The Bertz CT molecular complexity index is 1060. The average Bonchev–Trinajstić information content (AvgIpc) is 3.01. The van der Waals surface area contributed by atoms with E-state index in [1.807, 2.05) is 25.1 Å². The fraction of sp³-hybridized carbons (Fsp3) is 0.278. The molecule has 2 aromatic carbocycles. The van der Waals surface area contributed by atoms with Crippen LogP contribution in [0.1, 0.15) is 17.4 Å². The number of sulfonamides is 1. The molecule has 1 unspecified atom stereocenters. The molecular formula is C18H18ClN3O3S. The molecule has 0 fully saturated rings. The topological polar surface area (TPSA) is 73.2 Å². The number of benzene rings is 2. The molecule has 0 radical (unpaired) electrons. The predicted molar refractivity (Wildman–Crippen MR) is 99.8 cm³/mol. The van der Waals surface area contributed by atoms with Crippen LogP contribution < -0.4 is 4.72 Å². The molecule has 26 heavy (non-hydrogen) atoms. The van der Waals surface area contributed by atoms with Gasteiger partial charge in [0.05, 0.1) is 28.6 Å². The summed E-state index contributed by atoms with van der Waals surface area (Å²) >= 11 is 5.83. The number of aromatic nitrogens is 2. The Labute approximate surface area is 156 Å². The number of hydrogen-bond acceptors (Lipinski definition) is 4. The van der Waals surface area contributed by atoms with Gasteiger partial charge in [0.2, 0.25) is 10.0 Å². The number of ether oxygens (including phenoxy) is 1. The molecule has 3 aromatic rings. The van der Waals surface area contributed by atoms with Crippen molar-refractivity contribution in [2.45, 2.75) is 24.5 Å². The molecule has 1 N–H and O–H groups in total. The fourth-order valence-electron chi connectivity index (χ4n) is 3.23. The van der Waals surface area contributed by atoms with E-state index in [-0.39, 0.29) is 17.5 Å². The summed E-state index contributed by atoms with van der Waals surface area (Å²) in [4.78, 5) is 4.85. The van der Waals surface area contributed by atoms with Crippen molar-refractivity contribution in [2.24, 2.45) is 0 Å². The zero-order valence-corrected chi connectivity index (χ0v) is 15.7. The van der Waals surface area contributed by atoms with Crippen LogP contribution >= 0.6 is 11.6 Å². The van der Waals surface area contributed by atoms with Gasteiger partial charge in [-0.25, -0.2) is 18.1 Å². The second-order valence-electron chi connectivity index (χ2n) is 6.32. The Morgan fingerprint density at radius 3 is 2.81 bits per heavy atom. The predicted octanol–water partition coefficient (Wildman–Crippen LogP) is 3.05. The normalized spacial score (nSPS) is 17.4. The van der Waals surface area contributed by atoms with Crippen molar-refractivity contribution < 1.29 is 13.2 Å². The van der Waals surface area contributed by atoms with Crippen LogP contribution in [-0.4, -0.2) is 31.1 Å². The highest BCUT2D eigenvalue weighted by Crippen LogP contribution is 2.27. The van der Waals surface area contributed by atoms with E-state index in [0.29, 0.717) is 18.2 Å². The van der Waals surface area contributed by atoms with E-state index in [9.17, 15) is 8.42 Å². The molecular weight excluding hydrogens is 374 g/mol. The number of para-hydroxylation sites is 1. The molecule has 4 rings (SSSR count). The fourth-order valence-corrected chi connectivity index (χ4v) is 4.43. The third-order valence-corrected chi connectivity index (χ3v) is 6.23. The van der Waals surface area contributed by atoms with Gasteiger partial charge in [0.15, 0.2) is 0 Å². The molecule has 6 nitrogen and oxygen atoms in total. The summed E-state index contributed by atoms with van der Waals surface area (Å²) in [5.74, 6) is 0.816. The summed E-state index contributed by atoms with van der Waals surface area (Å²) in [6.45, 7) is 3.09. The number of nitrogens with one attached hydrogen (secondary N) is 1. The average molecular weight is 392 g/mol. The SMILES string of the molecule is Cc1cccc2c1nc1n2C(CNS(=O)(=O)c2ccc(Cl)cc2)COC1. The van der Waals surface area contributed by atoms with Crippen molar-refractivity contribution in [2.75, 3.05) is 13.2 Å². The minimum absolute atomic E-state index is 0.160. The monoisotopic (exact) mass is 391 g/mol. The maximum absolute atomic E-state index is 12.5. The second kappa shape index (κ2) is 6.66. The number of nitrogens with zero attached hydrogens (tertiary/aromatic N) is 2. The minimum Gasteiger partial charge on any atom is -0.371 e. The van der Waals surface area contributed by atoms with Crippen LogP contribution in [0, 0.1) is 6.92 Å². The number of fused-ring (bicyclic) bond motifs is 3. The van der Waals surface area contributed by atoms with E-state index >= 15 is 0 Å². The van der Waals surface area contributed by atoms with Gasteiger partial charge in [-0.15, -0.1) is 0 Å². The van der Waals surface area contributed by atoms with Crippen molar-refractivity contribution in [3.63, 3.8) is 0 Å². The molecule has 1 aromatic heterocycles. The third-order valence-electron chi connectivity index (χ3n) is 4.53. The number of rotatable bonds is 4. The maximum Gasteiger partial charge on any atom is 0.240 e. The molecule has 0 amide bonds. The largest absolute Gasteiger partial charge is 0.371 e. The second-order valence-corrected chi connectivity index (χ2v) is 8.52. The van der Waals surface area contributed by atoms with Crippen LogP contribution in [0.3, 0.4) is 0 Å². The van der Waals surface area contributed by atoms with Crippen molar-refractivity contribution in [1.82, 2.24) is 14.3 Å². The van der Waals surface area contributed by atoms with Crippen molar-refractivity contribution >= 4 is 32.7 Å². The van der Waals surface area contributed by atoms with Crippen LogP contribution in [0.4, 0.5) is 0 Å². The first kappa shape index (κ1) is 17.5. The van der Waals surface area contributed by atoms with E-state index < -0.39 is 10.0 Å². The smallest absolute Gasteiger partial charge is 0.240 e. The third kappa shape index (κ3) is 3.12. The summed E-state index contributed by atoms with van der Waals surface area (Å²) in [7, 11) is -3.62. The van der Waals surface area contributed by atoms with E-state index in [0.717, 1.165) is 22.4 Å². The first-order valence-corrected chi connectivity index (χ1v) is 10.1. The molecule has 0 saturated heterocycles. The Hall–Kier alpha value is -1.93.